The van der Waals surface area contributed by atoms with Crippen molar-refractivity contribution in [2.24, 2.45) is 5.92 Å². The van der Waals surface area contributed by atoms with Gasteiger partial charge in [0.2, 0.25) is 0 Å². The molecule has 0 aromatic carbocycles. The van der Waals surface area contributed by atoms with E-state index >= 15 is 0 Å². The summed E-state index contributed by atoms with van der Waals surface area (Å²) in [6.45, 7) is 4.44. The number of carbonyl (C=O) groups excluding carboxylic acids is 2. The first-order valence-corrected chi connectivity index (χ1v) is 11.0. The van der Waals surface area contributed by atoms with Gasteiger partial charge < -0.3 is 14.7 Å². The maximum atomic E-state index is 13.7. The second kappa shape index (κ2) is 8.68. The van der Waals surface area contributed by atoms with Crippen molar-refractivity contribution in [1.82, 2.24) is 19.2 Å². The predicted octanol–water partition coefficient (Wildman–Crippen LogP) is 3.23. The number of β-amino-alcohol motifs (C(OH)–C–C–N with tert-alkyl or cyclic N) is 1. The molecule has 0 saturated carbocycles. The summed E-state index contributed by atoms with van der Waals surface area (Å²) in [5.41, 5.74) is -1.29. The Morgan fingerprint density at radius 1 is 1.36 bits per heavy atom. The van der Waals surface area contributed by atoms with Crippen LogP contribution in [0.15, 0.2) is 12.3 Å². The summed E-state index contributed by atoms with van der Waals surface area (Å²) >= 11 is 6.34. The Morgan fingerprint density at radius 3 is 2.67 bits per heavy atom. The van der Waals surface area contributed by atoms with Crippen LogP contribution in [-0.4, -0.2) is 74.7 Å². The fourth-order valence-corrected chi connectivity index (χ4v) is 4.68. The maximum Gasteiger partial charge on any atom is 0.419 e. The number of hydrogen-bond acceptors (Lipinski definition) is 5. The molecule has 1 N–H and O–H groups in total. The van der Waals surface area contributed by atoms with Crippen molar-refractivity contribution >= 4 is 29.2 Å². The summed E-state index contributed by atoms with van der Waals surface area (Å²) in [5, 5.41) is 10.3. The van der Waals surface area contributed by atoms with Crippen LogP contribution < -0.4 is 0 Å². The Bertz CT molecular complexity index is 1090. The van der Waals surface area contributed by atoms with Crippen molar-refractivity contribution in [2.75, 3.05) is 26.2 Å². The lowest BCUT2D eigenvalue weighted by molar-refractivity contribution is -0.136. The molecule has 2 aromatic rings. The van der Waals surface area contributed by atoms with Gasteiger partial charge in [-0.15, -0.1) is 0 Å². The Kier molecular flexibility index (Phi) is 6.21. The van der Waals surface area contributed by atoms with Gasteiger partial charge in [0, 0.05) is 19.3 Å². The van der Waals surface area contributed by atoms with Gasteiger partial charge in [-0.05, 0) is 30.4 Å². The molecule has 0 spiro atoms. The summed E-state index contributed by atoms with van der Waals surface area (Å²) in [4.78, 5) is 31.6. The molecule has 2 saturated heterocycles. The maximum absolute atomic E-state index is 13.7. The number of aliphatic hydroxyl groups excluding tert-OH is 1. The minimum absolute atomic E-state index is 0.109. The third-order valence-electron chi connectivity index (χ3n) is 5.90. The second-order valence-corrected chi connectivity index (χ2v) is 9.14. The third kappa shape index (κ3) is 4.48. The van der Waals surface area contributed by atoms with Crippen LogP contribution in [0.3, 0.4) is 0 Å². The van der Waals surface area contributed by atoms with Crippen LogP contribution in [0.2, 0.25) is 5.15 Å². The molecule has 2 aliphatic heterocycles. The number of likely N-dealkylation sites (tertiary alicyclic amines) is 1. The number of piperidine rings is 1. The average Bonchev–Trinajstić information content (AvgIpc) is 3.29. The number of amides is 2. The van der Waals surface area contributed by atoms with Crippen LogP contribution in [0, 0.1) is 5.92 Å². The van der Waals surface area contributed by atoms with E-state index in [2.05, 4.69) is 4.98 Å². The van der Waals surface area contributed by atoms with Crippen LogP contribution >= 0.6 is 11.6 Å². The van der Waals surface area contributed by atoms with Gasteiger partial charge in [-0.25, -0.2) is 9.78 Å². The minimum Gasteiger partial charge on any atom is -0.448 e. The summed E-state index contributed by atoms with van der Waals surface area (Å²) in [5.74, 6) is -0.564. The highest BCUT2D eigenvalue weighted by Crippen LogP contribution is 2.35. The van der Waals surface area contributed by atoms with Crippen LogP contribution in [0.4, 0.5) is 18.0 Å². The number of carbonyl (C=O) groups is 2. The zero-order valence-electron chi connectivity index (χ0n) is 18.1. The Hall–Kier alpha value is -2.53. The number of pyridine rings is 1. The fourth-order valence-electron chi connectivity index (χ4n) is 4.43. The summed E-state index contributed by atoms with van der Waals surface area (Å²) < 4.78 is 47.2. The van der Waals surface area contributed by atoms with Gasteiger partial charge in [0.1, 0.15) is 11.8 Å². The molecule has 8 nitrogen and oxygen atoms in total. The highest BCUT2D eigenvalue weighted by atomic mass is 35.5. The second-order valence-electron chi connectivity index (χ2n) is 8.78. The summed E-state index contributed by atoms with van der Waals surface area (Å²) in [6, 6.07) is 0.535. The zero-order valence-corrected chi connectivity index (χ0v) is 18.9. The molecule has 4 heterocycles. The van der Waals surface area contributed by atoms with Crippen LogP contribution in [0.25, 0.3) is 5.65 Å². The van der Waals surface area contributed by atoms with Crippen molar-refractivity contribution in [1.29, 1.82) is 0 Å². The zero-order chi connectivity index (χ0) is 24.1. The van der Waals surface area contributed by atoms with E-state index in [1.807, 2.05) is 13.8 Å². The molecule has 2 fully saturated rings. The van der Waals surface area contributed by atoms with Gasteiger partial charge in [-0.3, -0.25) is 14.1 Å². The number of nitrogens with zero attached hydrogens (tertiary/aromatic N) is 4. The van der Waals surface area contributed by atoms with Crippen molar-refractivity contribution < 1.29 is 32.6 Å². The molecule has 2 amide bonds. The lowest BCUT2D eigenvalue weighted by Crippen LogP contribution is -2.55. The molecular weight excluding hydrogens is 465 g/mol. The van der Waals surface area contributed by atoms with Gasteiger partial charge in [0.15, 0.2) is 11.3 Å². The van der Waals surface area contributed by atoms with E-state index < -0.39 is 41.5 Å². The molecule has 4 rings (SSSR count). The van der Waals surface area contributed by atoms with E-state index in [0.29, 0.717) is 24.9 Å². The van der Waals surface area contributed by atoms with E-state index in [1.54, 1.807) is 0 Å². The first-order valence-electron chi connectivity index (χ1n) is 10.7. The molecule has 2 aromatic heterocycles. The topological polar surface area (TPSA) is 87.4 Å². The molecule has 0 aliphatic carbocycles. The van der Waals surface area contributed by atoms with Crippen molar-refractivity contribution in [3.8, 4) is 0 Å². The molecule has 33 heavy (non-hydrogen) atoms. The minimum atomic E-state index is -4.68. The Morgan fingerprint density at radius 2 is 2.09 bits per heavy atom. The first-order chi connectivity index (χ1) is 15.5. The number of fused-ring (bicyclic) bond motifs is 1. The van der Waals surface area contributed by atoms with Crippen molar-refractivity contribution in [3.05, 3.63) is 34.2 Å². The quantitative estimate of drug-likeness (QED) is 0.714. The standard InChI is InChI=1S/C21H24ClF3N4O4/c1-11(2)7-12-8-13(21(23,24)25)18-26-16(17(22)29(18)9-12)19(31)27-4-3-14(15(30)10-27)28-5-6-33-20(28)32/h8-9,11,14-15,30H,3-7,10H2,1-2H3. The number of ether oxygens (including phenoxy) is 1. The van der Waals surface area contributed by atoms with Gasteiger partial charge in [-0.1, -0.05) is 25.4 Å². The number of alkyl halides is 3. The molecule has 0 bridgehead atoms. The number of rotatable bonds is 4. The van der Waals surface area contributed by atoms with E-state index in [4.69, 9.17) is 16.3 Å². The largest absolute Gasteiger partial charge is 0.448 e. The van der Waals surface area contributed by atoms with E-state index in [0.717, 1.165) is 10.5 Å². The molecule has 2 aliphatic rings. The lowest BCUT2D eigenvalue weighted by Gasteiger charge is -2.38. The summed E-state index contributed by atoms with van der Waals surface area (Å²) in [7, 11) is 0. The number of cyclic esters (lactones) is 1. The number of aliphatic hydroxyl groups is 1. The molecule has 0 radical (unpaired) electrons. The highest BCUT2D eigenvalue weighted by molar-refractivity contribution is 6.33. The first kappa shape index (κ1) is 23.6. The molecule has 2 atom stereocenters. The Balaban J connectivity index is 1.63. The average molecular weight is 489 g/mol. The van der Waals surface area contributed by atoms with Crippen molar-refractivity contribution in [3.63, 3.8) is 0 Å². The highest BCUT2D eigenvalue weighted by Gasteiger charge is 2.40. The smallest absolute Gasteiger partial charge is 0.419 e. The third-order valence-corrected chi connectivity index (χ3v) is 6.26. The SMILES string of the molecule is CC(C)Cc1cc(C(F)(F)F)c2nc(C(=O)N3CCC(N4CCOC4=O)C(O)C3)c(Cl)n2c1. The van der Waals surface area contributed by atoms with E-state index in [9.17, 15) is 27.9 Å². The fraction of sp³-hybridized carbons (Fsp3) is 0.571. The van der Waals surface area contributed by atoms with Gasteiger partial charge in [-0.2, -0.15) is 13.2 Å². The van der Waals surface area contributed by atoms with Crippen LogP contribution in [-0.2, 0) is 17.3 Å². The molecule has 12 heteroatoms. The van der Waals surface area contributed by atoms with Crippen LogP contribution in [0.1, 0.15) is 41.9 Å². The van der Waals surface area contributed by atoms with E-state index in [-0.39, 0.29) is 36.5 Å². The Labute approximate surface area is 192 Å². The predicted molar refractivity (Wildman–Crippen MR) is 112 cm³/mol. The summed E-state index contributed by atoms with van der Waals surface area (Å²) in [6.07, 6.45) is -4.07. The number of aromatic nitrogens is 2. The lowest BCUT2D eigenvalue weighted by atomic mass is 10.00. The molecule has 2 unspecified atom stereocenters. The number of imidazole rings is 1. The normalized spacial score (nSPS) is 21.9. The van der Waals surface area contributed by atoms with Crippen LogP contribution in [0.5, 0.6) is 0 Å². The van der Waals surface area contributed by atoms with E-state index in [1.165, 1.54) is 16.0 Å². The van der Waals surface area contributed by atoms with Gasteiger partial charge >= 0.3 is 12.3 Å². The molecule has 180 valence electrons. The van der Waals surface area contributed by atoms with Gasteiger partial charge in [0.05, 0.1) is 24.3 Å². The molecular formula is C21H24ClF3N4O4. The monoisotopic (exact) mass is 488 g/mol. The number of hydrogen-bond donors (Lipinski definition) is 1. The van der Waals surface area contributed by atoms with Crippen molar-refractivity contribution in [2.45, 2.75) is 45.0 Å². The number of halogens is 4. The van der Waals surface area contributed by atoms with Gasteiger partial charge in [0.25, 0.3) is 5.91 Å².